The quantitative estimate of drug-likeness (QED) is 0.813. The third-order valence-corrected chi connectivity index (χ3v) is 2.70. The number of carboxylic acids is 1. The van der Waals surface area contributed by atoms with Gasteiger partial charge in [-0.15, -0.1) is 0 Å². The molecule has 0 bridgehead atoms. The molecule has 17 heavy (non-hydrogen) atoms. The minimum Gasteiger partial charge on any atom is -0.481 e. The maximum Gasteiger partial charge on any atom is 0.316 e. The van der Waals surface area contributed by atoms with Gasteiger partial charge in [0.05, 0.1) is 0 Å². The number of nitrogens with one attached hydrogen (secondary N) is 1. The van der Waals surface area contributed by atoms with Gasteiger partial charge in [-0.05, 0) is 37.1 Å². The number of halogens is 1. The lowest BCUT2D eigenvalue weighted by Gasteiger charge is -2.12. The molecule has 1 unspecified atom stereocenters. The molecule has 1 aromatic rings. The molecule has 0 radical (unpaired) electrons. The number of rotatable bonds is 4. The monoisotopic (exact) mass is 255 g/mol. The van der Waals surface area contributed by atoms with Crippen LogP contribution in [-0.2, 0) is 9.59 Å². The Morgan fingerprint density at radius 1 is 1.47 bits per heavy atom. The number of carbonyl (C=O) groups excluding carboxylic acids is 1. The van der Waals surface area contributed by atoms with Crippen molar-refractivity contribution in [3.8, 4) is 0 Å². The van der Waals surface area contributed by atoms with Gasteiger partial charge < -0.3 is 10.4 Å². The van der Waals surface area contributed by atoms with E-state index in [2.05, 4.69) is 5.32 Å². The van der Waals surface area contributed by atoms with Crippen LogP contribution < -0.4 is 5.32 Å². The standard InChI is InChI=1S/C12H14ClNO3/c1-3-9(12(16)17)11(15)14-10-5-4-8(13)6-7(10)2/h4-6,9H,3H2,1-2H3,(H,14,15)(H,16,17). The third kappa shape index (κ3) is 3.46. The molecule has 5 heteroatoms. The van der Waals surface area contributed by atoms with Crippen LogP contribution in [0.3, 0.4) is 0 Å². The highest BCUT2D eigenvalue weighted by Crippen LogP contribution is 2.20. The Bertz CT molecular complexity index is 445. The van der Waals surface area contributed by atoms with E-state index in [4.69, 9.17) is 16.7 Å². The SMILES string of the molecule is CCC(C(=O)O)C(=O)Nc1ccc(Cl)cc1C. The lowest BCUT2D eigenvalue weighted by atomic mass is 10.1. The summed E-state index contributed by atoms with van der Waals surface area (Å²) < 4.78 is 0. The predicted molar refractivity (Wildman–Crippen MR) is 66.2 cm³/mol. The molecule has 0 aliphatic heterocycles. The molecule has 0 saturated carbocycles. The number of hydrogen-bond donors (Lipinski definition) is 2. The largest absolute Gasteiger partial charge is 0.481 e. The molecule has 4 nitrogen and oxygen atoms in total. The first kappa shape index (κ1) is 13.5. The Labute approximate surface area is 105 Å². The zero-order valence-electron chi connectivity index (χ0n) is 9.66. The molecule has 0 heterocycles. The molecule has 1 aromatic carbocycles. The second-order valence-corrected chi connectivity index (χ2v) is 4.18. The number of anilines is 1. The summed E-state index contributed by atoms with van der Waals surface area (Å²) in [5.74, 6) is -2.65. The second kappa shape index (κ2) is 5.68. The van der Waals surface area contributed by atoms with Gasteiger partial charge >= 0.3 is 5.97 Å². The molecule has 0 aliphatic rings. The number of amides is 1. The van der Waals surface area contributed by atoms with E-state index in [1.165, 1.54) is 0 Å². The van der Waals surface area contributed by atoms with E-state index in [0.717, 1.165) is 5.56 Å². The van der Waals surface area contributed by atoms with Gasteiger partial charge in [-0.25, -0.2) is 0 Å². The van der Waals surface area contributed by atoms with E-state index < -0.39 is 17.8 Å². The van der Waals surface area contributed by atoms with E-state index in [-0.39, 0.29) is 6.42 Å². The normalized spacial score (nSPS) is 11.9. The van der Waals surface area contributed by atoms with Gasteiger partial charge in [0.2, 0.25) is 5.91 Å². The average molecular weight is 256 g/mol. The molecule has 92 valence electrons. The summed E-state index contributed by atoms with van der Waals surface area (Å²) >= 11 is 5.79. The fourth-order valence-corrected chi connectivity index (χ4v) is 1.69. The van der Waals surface area contributed by atoms with Crippen LogP contribution >= 0.6 is 11.6 Å². The smallest absolute Gasteiger partial charge is 0.316 e. The van der Waals surface area contributed by atoms with Crippen molar-refractivity contribution in [1.82, 2.24) is 0 Å². The second-order valence-electron chi connectivity index (χ2n) is 3.75. The number of hydrogen-bond acceptors (Lipinski definition) is 2. The lowest BCUT2D eigenvalue weighted by Crippen LogP contribution is -2.29. The maximum atomic E-state index is 11.7. The lowest BCUT2D eigenvalue weighted by molar-refractivity contribution is -0.145. The van der Waals surface area contributed by atoms with Crippen molar-refractivity contribution in [3.63, 3.8) is 0 Å². The summed E-state index contributed by atoms with van der Waals surface area (Å²) in [6, 6.07) is 5.01. The molecule has 0 spiro atoms. The number of carbonyl (C=O) groups is 2. The highest BCUT2D eigenvalue weighted by molar-refractivity contribution is 6.30. The Morgan fingerprint density at radius 2 is 2.12 bits per heavy atom. The topological polar surface area (TPSA) is 66.4 Å². The van der Waals surface area contributed by atoms with E-state index in [9.17, 15) is 9.59 Å². The third-order valence-electron chi connectivity index (χ3n) is 2.47. The van der Waals surface area contributed by atoms with Crippen LogP contribution in [0.25, 0.3) is 0 Å². The first-order chi connectivity index (χ1) is 7.95. The van der Waals surface area contributed by atoms with Crippen molar-refractivity contribution in [2.45, 2.75) is 20.3 Å². The molecular weight excluding hydrogens is 242 g/mol. The summed E-state index contributed by atoms with van der Waals surface area (Å²) in [4.78, 5) is 22.5. The summed E-state index contributed by atoms with van der Waals surface area (Å²) in [6.45, 7) is 3.45. The van der Waals surface area contributed by atoms with Crippen LogP contribution in [0.4, 0.5) is 5.69 Å². The molecule has 0 fully saturated rings. The van der Waals surface area contributed by atoms with Gasteiger partial charge in [0, 0.05) is 10.7 Å². The van der Waals surface area contributed by atoms with Crippen LogP contribution in [0.1, 0.15) is 18.9 Å². The van der Waals surface area contributed by atoms with Crippen LogP contribution in [0.2, 0.25) is 5.02 Å². The minimum atomic E-state index is -1.11. The minimum absolute atomic E-state index is 0.258. The van der Waals surface area contributed by atoms with Crippen LogP contribution in [0.15, 0.2) is 18.2 Å². The number of aryl methyl sites for hydroxylation is 1. The molecule has 2 N–H and O–H groups in total. The van der Waals surface area contributed by atoms with Crippen molar-refractivity contribution in [2.75, 3.05) is 5.32 Å². The van der Waals surface area contributed by atoms with Crippen LogP contribution in [0.5, 0.6) is 0 Å². The van der Waals surface area contributed by atoms with Crippen LogP contribution in [0, 0.1) is 12.8 Å². The van der Waals surface area contributed by atoms with Crippen molar-refractivity contribution in [1.29, 1.82) is 0 Å². The van der Waals surface area contributed by atoms with Gasteiger partial charge in [0.25, 0.3) is 0 Å². The molecule has 0 saturated heterocycles. The molecular formula is C12H14ClNO3. The fourth-order valence-electron chi connectivity index (χ4n) is 1.46. The van der Waals surface area contributed by atoms with E-state index in [0.29, 0.717) is 10.7 Å². The molecule has 1 amide bonds. The predicted octanol–water partition coefficient (Wildman–Crippen LogP) is 2.70. The number of benzene rings is 1. The van der Waals surface area contributed by atoms with E-state index in [1.54, 1.807) is 32.0 Å². The van der Waals surface area contributed by atoms with Crippen molar-refractivity contribution >= 4 is 29.2 Å². The van der Waals surface area contributed by atoms with Gasteiger partial charge in [-0.3, -0.25) is 9.59 Å². The molecule has 0 aliphatic carbocycles. The van der Waals surface area contributed by atoms with Gasteiger partial charge in [-0.1, -0.05) is 18.5 Å². The summed E-state index contributed by atoms with van der Waals surface area (Å²) in [6.07, 6.45) is 0.258. The Morgan fingerprint density at radius 3 is 2.59 bits per heavy atom. The summed E-state index contributed by atoms with van der Waals surface area (Å²) in [5.41, 5.74) is 1.38. The number of carboxylic acid groups (broad SMARTS) is 1. The highest BCUT2D eigenvalue weighted by atomic mass is 35.5. The zero-order chi connectivity index (χ0) is 13.0. The van der Waals surface area contributed by atoms with E-state index >= 15 is 0 Å². The summed E-state index contributed by atoms with van der Waals surface area (Å²) in [7, 11) is 0. The van der Waals surface area contributed by atoms with Crippen LogP contribution in [-0.4, -0.2) is 17.0 Å². The average Bonchev–Trinajstić information content (AvgIpc) is 2.22. The Kier molecular flexibility index (Phi) is 4.52. The molecule has 1 rings (SSSR count). The maximum absolute atomic E-state index is 11.7. The summed E-state index contributed by atoms with van der Waals surface area (Å²) in [5, 5.41) is 12.0. The first-order valence-corrected chi connectivity index (χ1v) is 5.63. The van der Waals surface area contributed by atoms with E-state index in [1.807, 2.05) is 0 Å². The van der Waals surface area contributed by atoms with Gasteiger partial charge in [0.15, 0.2) is 0 Å². The zero-order valence-corrected chi connectivity index (χ0v) is 10.4. The highest BCUT2D eigenvalue weighted by Gasteiger charge is 2.24. The fraction of sp³-hybridized carbons (Fsp3) is 0.333. The van der Waals surface area contributed by atoms with Crippen molar-refractivity contribution in [2.24, 2.45) is 5.92 Å². The Balaban J connectivity index is 2.84. The van der Waals surface area contributed by atoms with Gasteiger partial charge in [-0.2, -0.15) is 0 Å². The molecule has 0 aromatic heterocycles. The van der Waals surface area contributed by atoms with Crippen molar-refractivity contribution in [3.05, 3.63) is 28.8 Å². The number of aliphatic carboxylic acids is 1. The Hall–Kier alpha value is -1.55. The first-order valence-electron chi connectivity index (χ1n) is 5.25. The van der Waals surface area contributed by atoms with Crippen molar-refractivity contribution < 1.29 is 14.7 Å². The molecule has 1 atom stereocenters. The van der Waals surface area contributed by atoms with Gasteiger partial charge in [0.1, 0.15) is 5.92 Å².